The summed E-state index contributed by atoms with van der Waals surface area (Å²) in [5.41, 5.74) is 0.323. The number of rotatable bonds is 5. The lowest BCUT2D eigenvalue weighted by molar-refractivity contribution is 0.0468. The van der Waals surface area contributed by atoms with Crippen molar-refractivity contribution >= 4 is 0 Å². The molecule has 0 saturated carbocycles. The monoisotopic (exact) mass is 238 g/mol. The van der Waals surface area contributed by atoms with Crippen LogP contribution in [-0.4, -0.2) is 36.1 Å². The van der Waals surface area contributed by atoms with E-state index >= 15 is 0 Å². The van der Waals surface area contributed by atoms with Crippen LogP contribution >= 0.6 is 0 Å². The predicted molar refractivity (Wildman–Crippen MR) is 76.3 cm³/mol. The van der Waals surface area contributed by atoms with E-state index in [4.69, 9.17) is 0 Å². The third-order valence-electron chi connectivity index (χ3n) is 4.58. The van der Waals surface area contributed by atoms with Gasteiger partial charge in [-0.25, -0.2) is 0 Å². The average molecular weight is 238 g/mol. The van der Waals surface area contributed by atoms with Crippen LogP contribution in [0.5, 0.6) is 0 Å². The fraction of sp³-hybridized carbons (Fsp3) is 0.867. The van der Waals surface area contributed by atoms with Crippen molar-refractivity contribution in [1.82, 2.24) is 10.2 Å². The minimum atomic E-state index is 0.323. The molecule has 0 amide bonds. The van der Waals surface area contributed by atoms with Crippen molar-refractivity contribution in [1.29, 1.82) is 0 Å². The van der Waals surface area contributed by atoms with Gasteiger partial charge >= 0.3 is 0 Å². The molecule has 1 fully saturated rings. The Bertz CT molecular complexity index is 249. The maximum absolute atomic E-state index is 3.75. The number of piperazine rings is 1. The summed E-state index contributed by atoms with van der Waals surface area (Å²) in [7, 11) is 0. The van der Waals surface area contributed by atoms with Gasteiger partial charge in [0.15, 0.2) is 0 Å². The Morgan fingerprint density at radius 3 is 2.71 bits per heavy atom. The molecular formula is C15H30N2. The van der Waals surface area contributed by atoms with Crippen LogP contribution in [0.15, 0.2) is 12.2 Å². The molecule has 2 nitrogen and oxygen atoms in total. The standard InChI is InChI=1S/C15H30N2/c1-6-9-10-17-11-14(13(4)7-2)16-12-15(17,5)8-3/h6,9,13-14,16H,7-8,10-12H2,1-5H3/b9-6+. The Morgan fingerprint density at radius 1 is 1.47 bits per heavy atom. The molecule has 0 spiro atoms. The molecule has 1 N–H and O–H groups in total. The molecule has 1 saturated heterocycles. The molecule has 2 heteroatoms. The van der Waals surface area contributed by atoms with Crippen LogP contribution in [0.1, 0.15) is 47.5 Å². The summed E-state index contributed by atoms with van der Waals surface area (Å²) in [5.74, 6) is 0.768. The molecular weight excluding hydrogens is 208 g/mol. The van der Waals surface area contributed by atoms with Gasteiger partial charge in [-0.1, -0.05) is 39.3 Å². The molecule has 0 aromatic rings. The van der Waals surface area contributed by atoms with Crippen LogP contribution < -0.4 is 5.32 Å². The third kappa shape index (κ3) is 3.56. The van der Waals surface area contributed by atoms with Gasteiger partial charge in [-0.2, -0.15) is 0 Å². The highest BCUT2D eigenvalue weighted by Gasteiger charge is 2.36. The van der Waals surface area contributed by atoms with E-state index in [1.165, 1.54) is 19.4 Å². The summed E-state index contributed by atoms with van der Waals surface area (Å²) < 4.78 is 0. The number of nitrogens with one attached hydrogen (secondary N) is 1. The second-order valence-electron chi connectivity index (χ2n) is 5.70. The van der Waals surface area contributed by atoms with Gasteiger partial charge in [0.1, 0.15) is 0 Å². The summed E-state index contributed by atoms with van der Waals surface area (Å²) in [4.78, 5) is 2.65. The smallest absolute Gasteiger partial charge is 0.0307 e. The molecule has 0 aliphatic carbocycles. The Hall–Kier alpha value is -0.340. The first kappa shape index (κ1) is 14.7. The predicted octanol–water partition coefficient (Wildman–Crippen LogP) is 3.05. The summed E-state index contributed by atoms with van der Waals surface area (Å²) in [5, 5.41) is 3.75. The molecule has 1 heterocycles. The quantitative estimate of drug-likeness (QED) is 0.741. The fourth-order valence-corrected chi connectivity index (χ4v) is 2.53. The van der Waals surface area contributed by atoms with E-state index in [0.717, 1.165) is 19.0 Å². The first-order valence-electron chi connectivity index (χ1n) is 7.17. The fourth-order valence-electron chi connectivity index (χ4n) is 2.53. The number of hydrogen-bond acceptors (Lipinski definition) is 2. The third-order valence-corrected chi connectivity index (χ3v) is 4.58. The van der Waals surface area contributed by atoms with E-state index in [0.29, 0.717) is 11.6 Å². The van der Waals surface area contributed by atoms with Crippen LogP contribution in [0, 0.1) is 5.92 Å². The molecule has 3 unspecified atom stereocenters. The van der Waals surface area contributed by atoms with Crippen molar-refractivity contribution in [3.63, 3.8) is 0 Å². The van der Waals surface area contributed by atoms with Crippen molar-refractivity contribution in [3.05, 3.63) is 12.2 Å². The zero-order valence-electron chi connectivity index (χ0n) is 12.3. The average Bonchev–Trinajstić information content (AvgIpc) is 2.36. The largest absolute Gasteiger partial charge is 0.311 e. The van der Waals surface area contributed by atoms with Crippen molar-refractivity contribution < 1.29 is 0 Å². The van der Waals surface area contributed by atoms with E-state index in [9.17, 15) is 0 Å². The second kappa shape index (κ2) is 6.55. The van der Waals surface area contributed by atoms with Crippen LogP contribution in [0.3, 0.4) is 0 Å². The Labute approximate surface area is 107 Å². The van der Waals surface area contributed by atoms with E-state index < -0.39 is 0 Å². The minimum absolute atomic E-state index is 0.323. The van der Waals surface area contributed by atoms with Crippen molar-refractivity contribution in [3.8, 4) is 0 Å². The lowest BCUT2D eigenvalue weighted by Gasteiger charge is -2.49. The number of allylic oxidation sites excluding steroid dienone is 1. The van der Waals surface area contributed by atoms with E-state index in [2.05, 4.69) is 57.0 Å². The van der Waals surface area contributed by atoms with Gasteiger partial charge in [-0.05, 0) is 26.2 Å². The van der Waals surface area contributed by atoms with Crippen LogP contribution in [0.25, 0.3) is 0 Å². The van der Waals surface area contributed by atoms with E-state index in [1.54, 1.807) is 0 Å². The Morgan fingerprint density at radius 2 is 2.18 bits per heavy atom. The summed E-state index contributed by atoms with van der Waals surface area (Å²) in [6.07, 6.45) is 6.92. The highest BCUT2D eigenvalue weighted by atomic mass is 15.3. The van der Waals surface area contributed by atoms with Gasteiger partial charge in [0, 0.05) is 31.2 Å². The number of hydrogen-bond donors (Lipinski definition) is 1. The van der Waals surface area contributed by atoms with Gasteiger partial charge in [-0.15, -0.1) is 0 Å². The lowest BCUT2D eigenvalue weighted by Crippen LogP contribution is -2.64. The summed E-state index contributed by atoms with van der Waals surface area (Å²) in [6, 6.07) is 0.657. The maximum Gasteiger partial charge on any atom is 0.0307 e. The molecule has 1 aliphatic heterocycles. The Kier molecular flexibility index (Phi) is 5.68. The molecule has 100 valence electrons. The maximum atomic E-state index is 3.75. The molecule has 0 aromatic carbocycles. The van der Waals surface area contributed by atoms with Gasteiger partial charge in [0.25, 0.3) is 0 Å². The first-order chi connectivity index (χ1) is 8.07. The van der Waals surface area contributed by atoms with Gasteiger partial charge < -0.3 is 5.32 Å². The van der Waals surface area contributed by atoms with Crippen molar-refractivity contribution in [2.75, 3.05) is 19.6 Å². The van der Waals surface area contributed by atoms with Gasteiger partial charge in [0.05, 0.1) is 0 Å². The van der Waals surface area contributed by atoms with Gasteiger partial charge in [0.2, 0.25) is 0 Å². The molecule has 0 bridgehead atoms. The van der Waals surface area contributed by atoms with Crippen LogP contribution in [0.4, 0.5) is 0 Å². The highest BCUT2D eigenvalue weighted by molar-refractivity contribution is 4.99. The van der Waals surface area contributed by atoms with Crippen molar-refractivity contribution in [2.24, 2.45) is 5.92 Å². The van der Waals surface area contributed by atoms with E-state index in [1.807, 2.05) is 0 Å². The molecule has 0 aromatic heterocycles. The Balaban J connectivity index is 2.69. The van der Waals surface area contributed by atoms with Crippen LogP contribution in [-0.2, 0) is 0 Å². The van der Waals surface area contributed by atoms with Crippen LogP contribution in [0.2, 0.25) is 0 Å². The zero-order chi connectivity index (χ0) is 12.9. The highest BCUT2D eigenvalue weighted by Crippen LogP contribution is 2.25. The lowest BCUT2D eigenvalue weighted by atomic mass is 9.88. The molecule has 17 heavy (non-hydrogen) atoms. The topological polar surface area (TPSA) is 15.3 Å². The minimum Gasteiger partial charge on any atom is -0.311 e. The molecule has 3 atom stereocenters. The van der Waals surface area contributed by atoms with E-state index in [-0.39, 0.29) is 0 Å². The molecule has 0 radical (unpaired) electrons. The summed E-state index contributed by atoms with van der Waals surface area (Å²) >= 11 is 0. The SMILES string of the molecule is C/C=C/CN1CC(C(C)CC)NCC1(C)CC. The zero-order valence-corrected chi connectivity index (χ0v) is 12.3. The summed E-state index contributed by atoms with van der Waals surface area (Å²) in [6.45, 7) is 14.8. The first-order valence-corrected chi connectivity index (χ1v) is 7.17. The van der Waals surface area contributed by atoms with Crippen molar-refractivity contribution in [2.45, 2.75) is 59.0 Å². The van der Waals surface area contributed by atoms with Gasteiger partial charge in [-0.3, -0.25) is 4.90 Å². The second-order valence-corrected chi connectivity index (χ2v) is 5.70. The molecule has 1 rings (SSSR count). The normalized spacial score (nSPS) is 33.1. The number of nitrogens with zero attached hydrogens (tertiary/aromatic N) is 1. The molecule has 1 aliphatic rings.